The minimum Gasteiger partial charge on any atom is -0.508 e. The van der Waals surface area contributed by atoms with Gasteiger partial charge in [0.05, 0.1) is 6.04 Å². The number of thiophene rings is 1. The highest BCUT2D eigenvalue weighted by Gasteiger charge is 2.19. The van der Waals surface area contributed by atoms with Crippen LogP contribution in [0.15, 0.2) is 24.3 Å². The van der Waals surface area contributed by atoms with E-state index < -0.39 is 12.1 Å². The van der Waals surface area contributed by atoms with Gasteiger partial charge in [0.15, 0.2) is 0 Å². The monoisotopic (exact) mass is 252 g/mol. The number of nitrogens with zero attached hydrogens (tertiary/aromatic N) is 1. The van der Waals surface area contributed by atoms with Gasteiger partial charge in [0.2, 0.25) is 0 Å². The van der Waals surface area contributed by atoms with Crippen LogP contribution < -0.4 is 5.73 Å². The van der Waals surface area contributed by atoms with Gasteiger partial charge < -0.3 is 10.8 Å². The summed E-state index contributed by atoms with van der Waals surface area (Å²) in [6.45, 7) is 1.68. The highest BCUT2D eigenvalue weighted by atomic mass is 32.1. The van der Waals surface area contributed by atoms with Crippen molar-refractivity contribution in [3.05, 3.63) is 29.1 Å². The average molecular weight is 252 g/mol. The van der Waals surface area contributed by atoms with Crippen LogP contribution in [-0.4, -0.2) is 21.4 Å². The van der Waals surface area contributed by atoms with Gasteiger partial charge >= 0.3 is 6.03 Å². The maximum atomic E-state index is 10.8. The number of phenolic OH excluding ortho intramolecular Hbond substituents is 1. The van der Waals surface area contributed by atoms with Gasteiger partial charge in [-0.05, 0) is 36.6 Å². The predicted octanol–water partition coefficient (Wildman–Crippen LogP) is 2.44. The fourth-order valence-corrected chi connectivity index (χ4v) is 2.65. The fourth-order valence-electron chi connectivity index (χ4n) is 1.57. The van der Waals surface area contributed by atoms with E-state index in [1.54, 1.807) is 25.1 Å². The van der Waals surface area contributed by atoms with Crippen molar-refractivity contribution in [1.29, 1.82) is 0 Å². The van der Waals surface area contributed by atoms with E-state index in [1.165, 1.54) is 11.3 Å². The lowest BCUT2D eigenvalue weighted by molar-refractivity contribution is -0.0700. The molecule has 1 aromatic carbocycles. The molecule has 1 unspecified atom stereocenters. The van der Waals surface area contributed by atoms with Crippen molar-refractivity contribution in [1.82, 2.24) is 5.06 Å². The first-order valence-corrected chi connectivity index (χ1v) is 5.80. The van der Waals surface area contributed by atoms with Crippen LogP contribution in [0, 0.1) is 0 Å². The summed E-state index contributed by atoms with van der Waals surface area (Å²) in [6.07, 6.45) is 0. The summed E-state index contributed by atoms with van der Waals surface area (Å²) in [6, 6.07) is 5.44. The zero-order chi connectivity index (χ0) is 12.6. The Hall–Kier alpha value is -1.79. The summed E-state index contributed by atoms with van der Waals surface area (Å²) in [5, 5.41) is 20.2. The molecule has 0 aliphatic heterocycles. The first-order chi connectivity index (χ1) is 7.99. The Morgan fingerprint density at radius 3 is 2.82 bits per heavy atom. The predicted molar refractivity (Wildman–Crippen MR) is 65.1 cm³/mol. The molecule has 0 bridgehead atoms. The summed E-state index contributed by atoms with van der Waals surface area (Å²) in [7, 11) is 0. The molecule has 0 aliphatic rings. The normalized spacial score (nSPS) is 12.6. The molecule has 0 aliphatic carbocycles. The molecule has 4 N–H and O–H groups in total. The Morgan fingerprint density at radius 1 is 1.47 bits per heavy atom. The van der Waals surface area contributed by atoms with Crippen LogP contribution in [-0.2, 0) is 0 Å². The van der Waals surface area contributed by atoms with E-state index in [1.807, 2.05) is 6.07 Å². The first kappa shape index (κ1) is 11.7. The summed E-state index contributed by atoms with van der Waals surface area (Å²) in [4.78, 5) is 11.6. The molecule has 6 heteroatoms. The first-order valence-electron chi connectivity index (χ1n) is 4.99. The van der Waals surface area contributed by atoms with Crippen LogP contribution in [0.5, 0.6) is 5.75 Å². The molecule has 0 fully saturated rings. The quantitative estimate of drug-likeness (QED) is 0.566. The van der Waals surface area contributed by atoms with Crippen LogP contribution in [0.1, 0.15) is 17.8 Å². The molecular weight excluding hydrogens is 240 g/mol. The average Bonchev–Trinajstić information content (AvgIpc) is 2.69. The zero-order valence-electron chi connectivity index (χ0n) is 9.12. The van der Waals surface area contributed by atoms with Crippen molar-refractivity contribution >= 4 is 27.5 Å². The van der Waals surface area contributed by atoms with Crippen LogP contribution in [0.25, 0.3) is 10.1 Å². The number of nitrogens with two attached hydrogens (primary N) is 1. The van der Waals surface area contributed by atoms with Crippen LogP contribution >= 0.6 is 11.3 Å². The lowest BCUT2D eigenvalue weighted by Gasteiger charge is -2.18. The minimum atomic E-state index is -0.891. The van der Waals surface area contributed by atoms with Crippen molar-refractivity contribution in [3.8, 4) is 5.75 Å². The summed E-state index contributed by atoms with van der Waals surface area (Å²) in [5.74, 6) is 0.185. The van der Waals surface area contributed by atoms with Crippen molar-refractivity contribution in [2.24, 2.45) is 5.73 Å². The number of primary amides is 1. The Morgan fingerprint density at radius 2 is 2.18 bits per heavy atom. The minimum absolute atomic E-state index is 0.185. The van der Waals surface area contributed by atoms with E-state index in [9.17, 15) is 15.1 Å². The van der Waals surface area contributed by atoms with Gasteiger partial charge in [0, 0.05) is 9.58 Å². The summed E-state index contributed by atoms with van der Waals surface area (Å²) < 4.78 is 0.975. The number of hydroxylamine groups is 2. The number of rotatable bonds is 2. The number of aromatic hydroxyl groups is 1. The van der Waals surface area contributed by atoms with Gasteiger partial charge in [-0.1, -0.05) is 0 Å². The second-order valence-electron chi connectivity index (χ2n) is 3.73. The van der Waals surface area contributed by atoms with Crippen LogP contribution in [0.3, 0.4) is 0 Å². The number of benzene rings is 1. The van der Waals surface area contributed by atoms with Crippen molar-refractivity contribution < 1.29 is 15.1 Å². The number of amides is 2. The molecule has 0 saturated heterocycles. The molecule has 1 aromatic heterocycles. The molecule has 0 spiro atoms. The van der Waals surface area contributed by atoms with E-state index in [-0.39, 0.29) is 5.75 Å². The maximum Gasteiger partial charge on any atom is 0.339 e. The second-order valence-corrected chi connectivity index (χ2v) is 4.85. The third-order valence-corrected chi connectivity index (χ3v) is 3.81. The van der Waals surface area contributed by atoms with E-state index >= 15 is 0 Å². The highest BCUT2D eigenvalue weighted by molar-refractivity contribution is 7.19. The number of carbonyl (C=O) groups is 1. The standard InChI is InChI=1S/C11H12N2O3S/c1-6(13(16)11(12)15)10-5-7-4-8(14)2-3-9(7)17-10/h2-6,14,16H,1H3,(H2,12,15). The SMILES string of the molecule is CC(c1cc2cc(O)ccc2s1)N(O)C(N)=O. The Kier molecular flexibility index (Phi) is 2.91. The smallest absolute Gasteiger partial charge is 0.339 e. The number of hydrogen-bond acceptors (Lipinski definition) is 4. The Balaban J connectivity index is 2.39. The molecule has 90 valence electrons. The van der Waals surface area contributed by atoms with E-state index in [0.717, 1.165) is 15.0 Å². The van der Waals surface area contributed by atoms with Gasteiger partial charge in [-0.3, -0.25) is 5.21 Å². The molecule has 5 nitrogen and oxygen atoms in total. The van der Waals surface area contributed by atoms with Crippen molar-refractivity contribution in [2.75, 3.05) is 0 Å². The molecule has 0 saturated carbocycles. The van der Waals surface area contributed by atoms with E-state index in [4.69, 9.17) is 5.73 Å². The number of carbonyl (C=O) groups excluding carboxylic acids is 1. The summed E-state index contributed by atoms with van der Waals surface area (Å²) in [5.41, 5.74) is 4.99. The Labute approximate surface area is 102 Å². The van der Waals surface area contributed by atoms with E-state index in [0.29, 0.717) is 5.06 Å². The molecule has 17 heavy (non-hydrogen) atoms. The molecule has 0 radical (unpaired) electrons. The third-order valence-electron chi connectivity index (χ3n) is 2.52. The molecule has 1 heterocycles. The van der Waals surface area contributed by atoms with E-state index in [2.05, 4.69) is 0 Å². The zero-order valence-corrected chi connectivity index (χ0v) is 9.94. The lowest BCUT2D eigenvalue weighted by atomic mass is 10.2. The molecular formula is C11H12N2O3S. The third kappa shape index (κ3) is 2.17. The van der Waals surface area contributed by atoms with Gasteiger partial charge in [0.25, 0.3) is 0 Å². The maximum absolute atomic E-state index is 10.8. The fraction of sp³-hybridized carbons (Fsp3) is 0.182. The molecule has 2 aromatic rings. The van der Waals surface area contributed by atoms with Crippen molar-refractivity contribution in [3.63, 3.8) is 0 Å². The number of fused-ring (bicyclic) bond motifs is 1. The van der Waals surface area contributed by atoms with Gasteiger partial charge in [-0.15, -0.1) is 11.3 Å². The number of phenols is 1. The Bertz CT molecular complexity index is 567. The number of urea groups is 1. The van der Waals surface area contributed by atoms with Crippen molar-refractivity contribution in [2.45, 2.75) is 13.0 Å². The molecule has 1 atom stereocenters. The van der Waals surface area contributed by atoms with Gasteiger partial charge in [-0.25, -0.2) is 4.79 Å². The number of hydrogen-bond donors (Lipinski definition) is 3. The molecule has 2 amide bonds. The highest BCUT2D eigenvalue weighted by Crippen LogP contribution is 2.33. The van der Waals surface area contributed by atoms with Gasteiger partial charge in [0.1, 0.15) is 5.75 Å². The van der Waals surface area contributed by atoms with Crippen LogP contribution in [0.2, 0.25) is 0 Å². The van der Waals surface area contributed by atoms with Crippen LogP contribution in [0.4, 0.5) is 4.79 Å². The topological polar surface area (TPSA) is 86.8 Å². The lowest BCUT2D eigenvalue weighted by Crippen LogP contribution is -2.34. The summed E-state index contributed by atoms with van der Waals surface area (Å²) >= 11 is 1.44. The van der Waals surface area contributed by atoms with Gasteiger partial charge in [-0.2, -0.15) is 5.06 Å². The largest absolute Gasteiger partial charge is 0.508 e. The molecule has 2 rings (SSSR count). The second kappa shape index (κ2) is 4.23.